The van der Waals surface area contributed by atoms with Crippen molar-refractivity contribution in [1.29, 1.82) is 0 Å². The Kier molecular flexibility index (Phi) is 4.10. The molecule has 0 radical (unpaired) electrons. The van der Waals surface area contributed by atoms with Crippen molar-refractivity contribution in [1.82, 2.24) is 4.90 Å². The monoisotopic (exact) mass is 263 g/mol. The van der Waals surface area contributed by atoms with Crippen molar-refractivity contribution >= 4 is 6.29 Å². The van der Waals surface area contributed by atoms with E-state index in [4.69, 9.17) is 9.47 Å². The Morgan fingerprint density at radius 2 is 1.95 bits per heavy atom. The van der Waals surface area contributed by atoms with Crippen LogP contribution in [0.2, 0.25) is 0 Å². The second-order valence-electron chi connectivity index (χ2n) is 5.38. The van der Waals surface area contributed by atoms with Gasteiger partial charge in [-0.1, -0.05) is 0 Å². The first kappa shape index (κ1) is 13.9. The molecule has 1 aliphatic heterocycles. The zero-order valence-corrected chi connectivity index (χ0v) is 11.8. The molecule has 0 unspecified atom stereocenters. The van der Waals surface area contributed by atoms with Crippen LogP contribution in [0.1, 0.15) is 30.1 Å². The molecular weight excluding hydrogens is 242 g/mol. The van der Waals surface area contributed by atoms with Gasteiger partial charge in [-0.25, -0.2) is 0 Å². The molecule has 0 saturated carbocycles. The summed E-state index contributed by atoms with van der Waals surface area (Å²) in [6, 6.07) is 5.25. The van der Waals surface area contributed by atoms with Gasteiger partial charge >= 0.3 is 0 Å². The van der Waals surface area contributed by atoms with E-state index < -0.39 is 0 Å². The van der Waals surface area contributed by atoms with Gasteiger partial charge in [0.1, 0.15) is 11.9 Å². The first-order chi connectivity index (χ1) is 9.06. The van der Waals surface area contributed by atoms with Crippen LogP contribution in [0.4, 0.5) is 0 Å². The molecule has 19 heavy (non-hydrogen) atoms. The van der Waals surface area contributed by atoms with E-state index in [0.29, 0.717) is 17.1 Å². The van der Waals surface area contributed by atoms with Crippen LogP contribution < -0.4 is 9.47 Å². The lowest BCUT2D eigenvalue weighted by Gasteiger charge is -2.38. The lowest BCUT2D eigenvalue weighted by Crippen LogP contribution is -2.44. The predicted octanol–water partition coefficient (Wildman–Crippen LogP) is 2.37. The summed E-state index contributed by atoms with van der Waals surface area (Å²) < 4.78 is 11.4. The van der Waals surface area contributed by atoms with Crippen LogP contribution in [-0.2, 0) is 0 Å². The van der Waals surface area contributed by atoms with Crippen LogP contribution >= 0.6 is 0 Å². The van der Waals surface area contributed by atoms with E-state index in [2.05, 4.69) is 18.9 Å². The Labute approximate surface area is 114 Å². The minimum atomic E-state index is -0.193. The Bertz CT molecular complexity index is 451. The van der Waals surface area contributed by atoms with Crippen molar-refractivity contribution in [2.45, 2.75) is 25.4 Å². The number of hydrogen-bond donors (Lipinski definition) is 0. The highest BCUT2D eigenvalue weighted by molar-refractivity contribution is 5.76. The first-order valence-electron chi connectivity index (χ1n) is 6.57. The van der Waals surface area contributed by atoms with E-state index in [1.165, 1.54) is 0 Å². The van der Waals surface area contributed by atoms with Crippen LogP contribution in [0, 0.1) is 0 Å². The SMILES string of the molecule is COc1ccc(C=O)cc1OC1(C)CCN(C)CC1. The number of carbonyl (C=O) groups excluding carboxylic acids is 1. The number of likely N-dealkylation sites (tertiary alicyclic amines) is 1. The summed E-state index contributed by atoms with van der Waals surface area (Å²) in [6.45, 7) is 4.16. The Morgan fingerprint density at radius 3 is 2.53 bits per heavy atom. The molecule has 0 amide bonds. The molecule has 0 bridgehead atoms. The molecule has 0 spiro atoms. The molecule has 0 N–H and O–H groups in total. The topological polar surface area (TPSA) is 38.8 Å². The van der Waals surface area contributed by atoms with Crippen LogP contribution in [-0.4, -0.2) is 44.0 Å². The number of benzene rings is 1. The highest BCUT2D eigenvalue weighted by Gasteiger charge is 2.31. The fourth-order valence-electron chi connectivity index (χ4n) is 2.31. The molecule has 4 heteroatoms. The lowest BCUT2D eigenvalue weighted by atomic mass is 9.93. The van der Waals surface area contributed by atoms with E-state index in [-0.39, 0.29) is 5.60 Å². The largest absolute Gasteiger partial charge is 0.493 e. The quantitative estimate of drug-likeness (QED) is 0.782. The van der Waals surface area contributed by atoms with Gasteiger partial charge in [-0.2, -0.15) is 0 Å². The predicted molar refractivity (Wildman–Crippen MR) is 74.1 cm³/mol. The van der Waals surface area contributed by atoms with Gasteiger partial charge in [0.2, 0.25) is 0 Å². The molecule has 1 aliphatic rings. The normalized spacial score (nSPS) is 18.9. The van der Waals surface area contributed by atoms with Crippen molar-refractivity contribution in [3.63, 3.8) is 0 Å². The number of hydrogen-bond acceptors (Lipinski definition) is 4. The molecule has 1 heterocycles. The van der Waals surface area contributed by atoms with Gasteiger partial charge in [0.15, 0.2) is 11.5 Å². The zero-order valence-electron chi connectivity index (χ0n) is 11.8. The second-order valence-corrected chi connectivity index (χ2v) is 5.38. The van der Waals surface area contributed by atoms with Crippen molar-refractivity contribution in [2.24, 2.45) is 0 Å². The third-order valence-corrected chi connectivity index (χ3v) is 3.72. The van der Waals surface area contributed by atoms with Gasteiger partial charge in [-0.3, -0.25) is 4.79 Å². The van der Waals surface area contributed by atoms with E-state index >= 15 is 0 Å². The highest BCUT2D eigenvalue weighted by atomic mass is 16.5. The molecule has 1 saturated heterocycles. The fourth-order valence-corrected chi connectivity index (χ4v) is 2.31. The number of ether oxygens (including phenoxy) is 2. The number of carbonyl (C=O) groups is 1. The van der Waals surface area contributed by atoms with Crippen LogP contribution in [0.5, 0.6) is 11.5 Å². The van der Waals surface area contributed by atoms with Gasteiger partial charge < -0.3 is 14.4 Å². The second kappa shape index (κ2) is 5.61. The highest BCUT2D eigenvalue weighted by Crippen LogP contribution is 2.34. The van der Waals surface area contributed by atoms with Crippen LogP contribution in [0.15, 0.2) is 18.2 Å². The third-order valence-electron chi connectivity index (χ3n) is 3.72. The van der Waals surface area contributed by atoms with Crippen molar-refractivity contribution in [2.75, 3.05) is 27.2 Å². The van der Waals surface area contributed by atoms with E-state index in [9.17, 15) is 4.79 Å². The van der Waals surface area contributed by atoms with E-state index in [0.717, 1.165) is 32.2 Å². The Balaban J connectivity index is 2.19. The molecular formula is C15H21NO3. The van der Waals surface area contributed by atoms with Crippen LogP contribution in [0.25, 0.3) is 0 Å². The summed E-state index contributed by atoms with van der Waals surface area (Å²) >= 11 is 0. The van der Waals surface area contributed by atoms with Gasteiger partial charge in [0, 0.05) is 18.7 Å². The molecule has 1 fully saturated rings. The summed E-state index contributed by atoms with van der Waals surface area (Å²) in [5.41, 5.74) is 0.411. The van der Waals surface area contributed by atoms with Gasteiger partial charge in [0.25, 0.3) is 0 Å². The average Bonchev–Trinajstić information content (AvgIpc) is 2.42. The molecule has 1 aromatic carbocycles. The van der Waals surface area contributed by atoms with Gasteiger partial charge in [-0.15, -0.1) is 0 Å². The standard InChI is InChI=1S/C15H21NO3/c1-15(6-8-16(2)9-7-15)19-14-10-12(11-17)4-5-13(14)18-3/h4-5,10-11H,6-9H2,1-3H3. The fraction of sp³-hybridized carbons (Fsp3) is 0.533. The number of aldehydes is 1. The first-order valence-corrected chi connectivity index (χ1v) is 6.57. The van der Waals surface area contributed by atoms with Crippen molar-refractivity contribution < 1.29 is 14.3 Å². The van der Waals surface area contributed by atoms with Crippen molar-refractivity contribution in [3.8, 4) is 11.5 Å². The van der Waals surface area contributed by atoms with Gasteiger partial charge in [-0.05, 0) is 45.0 Å². The number of methoxy groups -OCH3 is 1. The van der Waals surface area contributed by atoms with Gasteiger partial charge in [0.05, 0.1) is 7.11 Å². The molecule has 4 nitrogen and oxygen atoms in total. The average molecular weight is 263 g/mol. The summed E-state index contributed by atoms with van der Waals surface area (Å²) in [5.74, 6) is 1.32. The molecule has 1 aromatic rings. The number of rotatable bonds is 4. The maximum absolute atomic E-state index is 10.9. The molecule has 0 atom stereocenters. The van der Waals surface area contributed by atoms with Crippen LogP contribution in [0.3, 0.4) is 0 Å². The summed E-state index contributed by atoms with van der Waals surface area (Å²) in [6.07, 6.45) is 2.76. The summed E-state index contributed by atoms with van der Waals surface area (Å²) in [7, 11) is 3.73. The zero-order chi connectivity index (χ0) is 13.9. The minimum absolute atomic E-state index is 0.193. The van der Waals surface area contributed by atoms with Crippen molar-refractivity contribution in [3.05, 3.63) is 23.8 Å². The van der Waals surface area contributed by atoms with E-state index in [1.807, 2.05) is 0 Å². The maximum Gasteiger partial charge on any atom is 0.162 e. The Hall–Kier alpha value is -1.55. The summed E-state index contributed by atoms with van der Waals surface area (Å²) in [4.78, 5) is 13.2. The molecule has 2 rings (SSSR count). The molecule has 104 valence electrons. The number of piperidine rings is 1. The maximum atomic E-state index is 10.9. The van der Waals surface area contributed by atoms with E-state index in [1.54, 1.807) is 25.3 Å². The molecule has 0 aromatic heterocycles. The Morgan fingerprint density at radius 1 is 1.26 bits per heavy atom. The third kappa shape index (κ3) is 3.26. The number of nitrogens with zero attached hydrogens (tertiary/aromatic N) is 1. The molecule has 0 aliphatic carbocycles. The summed E-state index contributed by atoms with van der Waals surface area (Å²) in [5, 5.41) is 0. The minimum Gasteiger partial charge on any atom is -0.493 e. The smallest absolute Gasteiger partial charge is 0.162 e. The lowest BCUT2D eigenvalue weighted by molar-refractivity contribution is 0.0220.